The molecule has 3 aromatic carbocycles. The Balaban J connectivity index is 1.96. The molecule has 1 aromatic heterocycles. The second-order valence-corrected chi connectivity index (χ2v) is 7.11. The number of aromatic nitrogens is 2. The van der Waals surface area contributed by atoms with Gasteiger partial charge in [0.1, 0.15) is 6.33 Å². The van der Waals surface area contributed by atoms with Crippen molar-refractivity contribution < 1.29 is 9.53 Å². The van der Waals surface area contributed by atoms with Gasteiger partial charge in [-0.1, -0.05) is 68.4 Å². The van der Waals surface area contributed by atoms with Crippen molar-refractivity contribution in [1.29, 1.82) is 0 Å². The fraction of sp³-hybridized carbons (Fsp3) is 0.167. The number of fused-ring (bicyclic) bond motifs is 1. The fourth-order valence-electron chi connectivity index (χ4n) is 3.44. The molecule has 4 nitrogen and oxygen atoms in total. The summed E-state index contributed by atoms with van der Waals surface area (Å²) in [4.78, 5) is 16.5. The average Bonchev–Trinajstić information content (AvgIpc) is 3.16. The smallest absolute Gasteiger partial charge is 0.419 e. The molecular weight excluding hydrogens is 348 g/mol. The predicted octanol–water partition coefficient (Wildman–Crippen LogP) is 6.11. The Morgan fingerprint density at radius 2 is 1.57 bits per heavy atom. The van der Waals surface area contributed by atoms with E-state index in [9.17, 15) is 4.79 Å². The van der Waals surface area contributed by atoms with Crippen molar-refractivity contribution in [3.8, 4) is 22.3 Å². The van der Waals surface area contributed by atoms with Gasteiger partial charge in [-0.2, -0.15) is 0 Å². The van der Waals surface area contributed by atoms with Crippen LogP contribution in [-0.2, 0) is 4.74 Å². The maximum atomic E-state index is 12.1. The van der Waals surface area contributed by atoms with Crippen LogP contribution in [0.4, 0.5) is 4.79 Å². The number of hydrogen-bond donors (Lipinski definition) is 0. The van der Waals surface area contributed by atoms with Crippen molar-refractivity contribution in [2.75, 3.05) is 7.11 Å². The number of imidazole rings is 1. The Bertz CT molecular complexity index is 1130. The fourth-order valence-corrected chi connectivity index (χ4v) is 3.44. The number of rotatable bonds is 3. The normalized spacial score (nSPS) is 11.1. The van der Waals surface area contributed by atoms with Gasteiger partial charge in [-0.05, 0) is 45.9 Å². The molecule has 0 unspecified atom stereocenters. The highest BCUT2D eigenvalue weighted by molar-refractivity contribution is 5.96. The Morgan fingerprint density at radius 1 is 0.929 bits per heavy atom. The van der Waals surface area contributed by atoms with Crippen molar-refractivity contribution in [1.82, 2.24) is 9.55 Å². The minimum Gasteiger partial charge on any atom is -0.452 e. The number of benzene rings is 3. The number of ether oxygens (including phenoxy) is 1. The minimum absolute atomic E-state index is 0.448. The highest BCUT2D eigenvalue weighted by Gasteiger charge is 2.16. The van der Waals surface area contributed by atoms with Crippen molar-refractivity contribution in [3.05, 3.63) is 78.6 Å². The summed E-state index contributed by atoms with van der Waals surface area (Å²) in [5, 5.41) is 0. The first-order chi connectivity index (χ1) is 13.6. The van der Waals surface area contributed by atoms with Crippen LogP contribution in [0.3, 0.4) is 0 Å². The van der Waals surface area contributed by atoms with Gasteiger partial charge in [0.25, 0.3) is 0 Å². The molecule has 140 valence electrons. The van der Waals surface area contributed by atoms with E-state index in [4.69, 9.17) is 4.74 Å². The van der Waals surface area contributed by atoms with Crippen LogP contribution < -0.4 is 0 Å². The van der Waals surface area contributed by atoms with E-state index in [1.807, 2.05) is 30.3 Å². The molecule has 0 bridgehead atoms. The van der Waals surface area contributed by atoms with Crippen LogP contribution >= 0.6 is 0 Å². The molecule has 1 heterocycles. The number of hydrogen-bond acceptors (Lipinski definition) is 3. The van der Waals surface area contributed by atoms with Crippen LogP contribution in [0.5, 0.6) is 0 Å². The third-order valence-corrected chi connectivity index (χ3v) is 5.03. The van der Waals surface area contributed by atoms with Crippen LogP contribution in [0.25, 0.3) is 33.3 Å². The number of carbonyl (C=O) groups is 1. The van der Waals surface area contributed by atoms with Crippen molar-refractivity contribution in [2.24, 2.45) is 0 Å². The van der Waals surface area contributed by atoms with Gasteiger partial charge in [-0.3, -0.25) is 0 Å². The molecule has 0 radical (unpaired) electrons. The standard InChI is InChI=1S/C24H22N2O2/c1-16(2)17-9-11-19(12-10-17)21-14-23-22(25-15-26(23)24(27)28-3)13-20(21)18-7-5-4-6-8-18/h4-16H,1-3H3. The van der Waals surface area contributed by atoms with Gasteiger partial charge >= 0.3 is 6.09 Å². The lowest BCUT2D eigenvalue weighted by Crippen LogP contribution is -2.09. The molecule has 4 aromatic rings. The number of methoxy groups -OCH3 is 1. The lowest BCUT2D eigenvalue weighted by atomic mass is 9.92. The summed E-state index contributed by atoms with van der Waals surface area (Å²) in [5.41, 5.74) is 7.13. The molecule has 28 heavy (non-hydrogen) atoms. The zero-order valence-corrected chi connectivity index (χ0v) is 16.2. The molecule has 0 saturated carbocycles. The van der Waals surface area contributed by atoms with Crippen LogP contribution in [0.15, 0.2) is 73.1 Å². The van der Waals surface area contributed by atoms with Gasteiger partial charge in [0.2, 0.25) is 0 Å². The van der Waals surface area contributed by atoms with Crippen LogP contribution in [-0.4, -0.2) is 22.8 Å². The van der Waals surface area contributed by atoms with Gasteiger partial charge < -0.3 is 4.74 Å². The third kappa shape index (κ3) is 3.18. The zero-order chi connectivity index (χ0) is 19.7. The number of nitrogens with zero attached hydrogens (tertiary/aromatic N) is 2. The first-order valence-electron chi connectivity index (χ1n) is 9.33. The molecule has 0 saturated heterocycles. The Morgan fingerprint density at radius 3 is 2.21 bits per heavy atom. The molecule has 0 aliphatic carbocycles. The molecule has 0 spiro atoms. The first-order valence-corrected chi connectivity index (χ1v) is 9.33. The lowest BCUT2D eigenvalue weighted by Gasteiger charge is -2.13. The Hall–Kier alpha value is -3.40. The van der Waals surface area contributed by atoms with E-state index in [0.29, 0.717) is 5.92 Å². The van der Waals surface area contributed by atoms with Crippen molar-refractivity contribution in [2.45, 2.75) is 19.8 Å². The molecule has 4 rings (SSSR count). The van der Waals surface area contributed by atoms with Crippen LogP contribution in [0.2, 0.25) is 0 Å². The summed E-state index contributed by atoms with van der Waals surface area (Å²) in [6, 6.07) is 22.9. The van der Waals surface area contributed by atoms with Crippen molar-refractivity contribution >= 4 is 17.1 Å². The van der Waals surface area contributed by atoms with E-state index in [2.05, 4.69) is 55.2 Å². The maximum absolute atomic E-state index is 12.1. The monoisotopic (exact) mass is 370 g/mol. The van der Waals surface area contributed by atoms with E-state index in [-0.39, 0.29) is 0 Å². The van der Waals surface area contributed by atoms with E-state index < -0.39 is 6.09 Å². The van der Waals surface area contributed by atoms with Crippen LogP contribution in [0, 0.1) is 0 Å². The molecule has 4 heteroatoms. The Kier molecular flexibility index (Phi) is 4.70. The minimum atomic E-state index is -0.448. The summed E-state index contributed by atoms with van der Waals surface area (Å²) in [6.07, 6.45) is 1.06. The maximum Gasteiger partial charge on any atom is 0.419 e. The predicted molar refractivity (Wildman–Crippen MR) is 112 cm³/mol. The average molecular weight is 370 g/mol. The molecule has 0 atom stereocenters. The van der Waals surface area contributed by atoms with E-state index in [0.717, 1.165) is 33.3 Å². The largest absolute Gasteiger partial charge is 0.452 e. The van der Waals surface area contributed by atoms with Gasteiger partial charge in [-0.15, -0.1) is 0 Å². The highest BCUT2D eigenvalue weighted by atomic mass is 16.5. The topological polar surface area (TPSA) is 44.1 Å². The van der Waals surface area contributed by atoms with Crippen molar-refractivity contribution in [3.63, 3.8) is 0 Å². The van der Waals surface area contributed by atoms with Gasteiger partial charge in [-0.25, -0.2) is 14.3 Å². The molecule has 0 aliphatic rings. The lowest BCUT2D eigenvalue weighted by molar-refractivity contribution is 0.174. The van der Waals surface area contributed by atoms with E-state index in [1.165, 1.54) is 23.6 Å². The molecule has 0 fully saturated rings. The molecule has 0 N–H and O–H groups in total. The summed E-state index contributed by atoms with van der Waals surface area (Å²) in [5.74, 6) is 0.478. The quantitative estimate of drug-likeness (QED) is 0.437. The third-order valence-electron chi connectivity index (χ3n) is 5.03. The molecular formula is C24H22N2O2. The summed E-state index contributed by atoms with van der Waals surface area (Å²) < 4.78 is 6.33. The summed E-state index contributed by atoms with van der Waals surface area (Å²) in [6.45, 7) is 4.37. The first kappa shape index (κ1) is 18.0. The summed E-state index contributed by atoms with van der Waals surface area (Å²) in [7, 11) is 1.37. The second kappa shape index (κ2) is 7.31. The van der Waals surface area contributed by atoms with Gasteiger partial charge in [0.15, 0.2) is 0 Å². The molecule has 0 amide bonds. The van der Waals surface area contributed by atoms with E-state index >= 15 is 0 Å². The van der Waals surface area contributed by atoms with Crippen LogP contribution in [0.1, 0.15) is 25.3 Å². The number of carbonyl (C=O) groups excluding carboxylic acids is 1. The SMILES string of the molecule is COC(=O)n1cnc2cc(-c3ccccc3)c(-c3ccc(C(C)C)cc3)cc21. The Labute approximate surface area is 164 Å². The zero-order valence-electron chi connectivity index (χ0n) is 16.2. The van der Waals surface area contributed by atoms with E-state index in [1.54, 1.807) is 0 Å². The molecule has 0 aliphatic heterocycles. The van der Waals surface area contributed by atoms with Gasteiger partial charge in [0, 0.05) is 0 Å². The summed E-state index contributed by atoms with van der Waals surface area (Å²) >= 11 is 0. The van der Waals surface area contributed by atoms with Gasteiger partial charge in [0.05, 0.1) is 18.1 Å². The second-order valence-electron chi connectivity index (χ2n) is 7.11. The highest BCUT2D eigenvalue weighted by Crippen LogP contribution is 2.36.